The van der Waals surface area contributed by atoms with Crippen molar-refractivity contribution >= 4 is 5.95 Å². The summed E-state index contributed by atoms with van der Waals surface area (Å²) in [6.45, 7) is 10.5. The van der Waals surface area contributed by atoms with Gasteiger partial charge in [0, 0.05) is 45.1 Å². The molecule has 0 aromatic carbocycles. The minimum absolute atomic E-state index is 0.267. The summed E-state index contributed by atoms with van der Waals surface area (Å²) in [5.41, 5.74) is -0.620. The number of hydrogen-bond donors (Lipinski definition) is 1. The van der Waals surface area contributed by atoms with Crippen LogP contribution in [0.25, 0.3) is 0 Å². The Hall–Kier alpha value is -1.20. The van der Waals surface area contributed by atoms with E-state index in [9.17, 15) is 5.11 Å². The van der Waals surface area contributed by atoms with Crippen LogP contribution in [0.3, 0.4) is 0 Å². The van der Waals surface area contributed by atoms with E-state index in [1.165, 1.54) is 0 Å². The molecule has 2 heterocycles. The van der Waals surface area contributed by atoms with Crippen molar-refractivity contribution in [1.82, 2.24) is 14.9 Å². The molecule has 0 amide bonds. The minimum Gasteiger partial charge on any atom is -0.389 e. The highest BCUT2D eigenvalue weighted by molar-refractivity contribution is 5.29. The van der Waals surface area contributed by atoms with Crippen LogP contribution >= 0.6 is 0 Å². The fraction of sp³-hybridized carbons (Fsp3) is 0.714. The predicted molar refractivity (Wildman–Crippen MR) is 76.1 cm³/mol. The fourth-order valence-electron chi connectivity index (χ4n) is 2.20. The van der Waals surface area contributed by atoms with Gasteiger partial charge in [0.05, 0.1) is 5.60 Å². The van der Waals surface area contributed by atoms with Gasteiger partial charge in [-0.25, -0.2) is 9.97 Å². The largest absolute Gasteiger partial charge is 0.389 e. The lowest BCUT2D eigenvalue weighted by molar-refractivity contribution is -0.0198. The fourth-order valence-corrected chi connectivity index (χ4v) is 2.20. The quantitative estimate of drug-likeness (QED) is 0.879. The van der Waals surface area contributed by atoms with Crippen molar-refractivity contribution in [3.63, 3.8) is 0 Å². The van der Waals surface area contributed by atoms with E-state index in [0.717, 1.165) is 38.7 Å². The number of anilines is 1. The van der Waals surface area contributed by atoms with Crippen LogP contribution < -0.4 is 4.90 Å². The van der Waals surface area contributed by atoms with E-state index in [4.69, 9.17) is 0 Å². The summed E-state index contributed by atoms with van der Waals surface area (Å²) in [4.78, 5) is 13.1. The van der Waals surface area contributed by atoms with Gasteiger partial charge < -0.3 is 10.0 Å². The van der Waals surface area contributed by atoms with Crippen LogP contribution in [0.1, 0.15) is 20.8 Å². The van der Waals surface area contributed by atoms with Gasteiger partial charge in [-0.05, 0) is 18.9 Å². The molecule has 1 fully saturated rings. The number of β-amino-alcohol motifs (C(OH)–C–C–N with tert-alkyl or cyclic N) is 1. The van der Waals surface area contributed by atoms with Crippen molar-refractivity contribution in [2.45, 2.75) is 26.4 Å². The normalized spacial score (nSPS) is 20.6. The molecule has 1 unspecified atom stereocenters. The summed E-state index contributed by atoms with van der Waals surface area (Å²) in [6, 6.07) is 1.83. The first kappa shape index (κ1) is 14.2. The summed E-state index contributed by atoms with van der Waals surface area (Å²) in [5.74, 6) is 1.07. The van der Waals surface area contributed by atoms with Crippen LogP contribution in [-0.2, 0) is 0 Å². The Morgan fingerprint density at radius 1 is 1.21 bits per heavy atom. The van der Waals surface area contributed by atoms with Crippen LogP contribution in [0.15, 0.2) is 18.5 Å². The SMILES string of the molecule is CC(C)C(C)(O)CN1CCN(c2ncccn2)CC1. The van der Waals surface area contributed by atoms with Gasteiger partial charge in [0.25, 0.3) is 0 Å². The third-order valence-corrected chi connectivity index (χ3v) is 3.99. The molecule has 0 bridgehead atoms. The third-order valence-electron chi connectivity index (χ3n) is 3.99. The number of aromatic nitrogens is 2. The van der Waals surface area contributed by atoms with Crippen molar-refractivity contribution in [2.24, 2.45) is 5.92 Å². The Bertz CT molecular complexity index is 386. The second-order valence-corrected chi connectivity index (χ2v) is 5.82. The van der Waals surface area contributed by atoms with Crippen LogP contribution in [0, 0.1) is 5.92 Å². The molecule has 5 nitrogen and oxygen atoms in total. The predicted octanol–water partition coefficient (Wildman–Crippen LogP) is 1.01. The zero-order valence-corrected chi connectivity index (χ0v) is 12.1. The van der Waals surface area contributed by atoms with E-state index in [0.29, 0.717) is 0 Å². The molecule has 0 spiro atoms. The molecule has 0 radical (unpaired) electrons. The first-order valence-electron chi connectivity index (χ1n) is 6.96. The van der Waals surface area contributed by atoms with Gasteiger partial charge in [0.1, 0.15) is 0 Å². The highest BCUT2D eigenvalue weighted by Crippen LogP contribution is 2.19. The van der Waals surface area contributed by atoms with E-state index < -0.39 is 5.60 Å². The maximum absolute atomic E-state index is 10.3. The molecule has 1 saturated heterocycles. The van der Waals surface area contributed by atoms with Gasteiger partial charge in [-0.2, -0.15) is 0 Å². The van der Waals surface area contributed by atoms with E-state index >= 15 is 0 Å². The molecule has 1 N–H and O–H groups in total. The summed E-state index contributed by atoms with van der Waals surface area (Å²) in [5, 5.41) is 10.3. The second kappa shape index (κ2) is 5.84. The Morgan fingerprint density at radius 3 is 2.32 bits per heavy atom. The molecule has 5 heteroatoms. The van der Waals surface area contributed by atoms with E-state index in [1.54, 1.807) is 12.4 Å². The topological polar surface area (TPSA) is 52.5 Å². The Balaban J connectivity index is 1.86. The van der Waals surface area contributed by atoms with Crippen molar-refractivity contribution in [1.29, 1.82) is 0 Å². The number of piperazine rings is 1. The van der Waals surface area contributed by atoms with Gasteiger partial charge >= 0.3 is 0 Å². The average Bonchev–Trinajstić information content (AvgIpc) is 2.40. The molecule has 0 aliphatic carbocycles. The average molecular weight is 264 g/mol. The van der Waals surface area contributed by atoms with Gasteiger partial charge in [0.2, 0.25) is 5.95 Å². The molecule has 1 aliphatic rings. The molecule has 1 aromatic rings. The minimum atomic E-state index is -0.620. The maximum Gasteiger partial charge on any atom is 0.225 e. The molecule has 1 atom stereocenters. The molecular weight excluding hydrogens is 240 g/mol. The van der Waals surface area contributed by atoms with Gasteiger partial charge in [-0.1, -0.05) is 13.8 Å². The van der Waals surface area contributed by atoms with Crippen LogP contribution in [0.4, 0.5) is 5.95 Å². The van der Waals surface area contributed by atoms with Crippen LogP contribution in [0.2, 0.25) is 0 Å². The summed E-state index contributed by atoms with van der Waals surface area (Å²) in [6.07, 6.45) is 3.55. The molecule has 1 aromatic heterocycles. The number of aliphatic hydroxyl groups is 1. The molecule has 0 saturated carbocycles. The van der Waals surface area contributed by atoms with Crippen LogP contribution in [0.5, 0.6) is 0 Å². The van der Waals surface area contributed by atoms with E-state index in [-0.39, 0.29) is 5.92 Å². The second-order valence-electron chi connectivity index (χ2n) is 5.82. The molecule has 19 heavy (non-hydrogen) atoms. The smallest absolute Gasteiger partial charge is 0.225 e. The zero-order chi connectivity index (χ0) is 13.9. The van der Waals surface area contributed by atoms with Crippen molar-refractivity contribution in [2.75, 3.05) is 37.6 Å². The van der Waals surface area contributed by atoms with Gasteiger partial charge in [0.15, 0.2) is 0 Å². The van der Waals surface area contributed by atoms with Crippen molar-refractivity contribution < 1.29 is 5.11 Å². The Morgan fingerprint density at radius 2 is 1.79 bits per heavy atom. The van der Waals surface area contributed by atoms with Crippen molar-refractivity contribution in [3.05, 3.63) is 18.5 Å². The first-order chi connectivity index (χ1) is 8.99. The standard InChI is InChI=1S/C14H24N4O/c1-12(2)14(3,19)11-17-7-9-18(10-8-17)13-15-5-4-6-16-13/h4-6,12,19H,7-11H2,1-3H3. The third kappa shape index (κ3) is 3.64. The summed E-state index contributed by atoms with van der Waals surface area (Å²) >= 11 is 0. The maximum atomic E-state index is 10.3. The van der Waals surface area contributed by atoms with E-state index in [1.807, 2.05) is 13.0 Å². The first-order valence-corrected chi connectivity index (χ1v) is 6.96. The lowest BCUT2D eigenvalue weighted by Gasteiger charge is -2.39. The Labute approximate surface area is 115 Å². The molecular formula is C14H24N4O. The van der Waals surface area contributed by atoms with Crippen molar-refractivity contribution in [3.8, 4) is 0 Å². The Kier molecular flexibility index (Phi) is 4.37. The molecule has 2 rings (SSSR count). The number of nitrogens with zero attached hydrogens (tertiary/aromatic N) is 4. The number of hydrogen-bond acceptors (Lipinski definition) is 5. The summed E-state index contributed by atoms with van der Waals surface area (Å²) < 4.78 is 0. The highest BCUT2D eigenvalue weighted by Gasteiger charge is 2.29. The molecule has 1 aliphatic heterocycles. The van der Waals surface area contributed by atoms with Crippen LogP contribution in [-0.4, -0.2) is 58.3 Å². The van der Waals surface area contributed by atoms with E-state index in [2.05, 4.69) is 33.6 Å². The monoisotopic (exact) mass is 264 g/mol. The lowest BCUT2D eigenvalue weighted by atomic mass is 9.92. The molecule has 106 valence electrons. The zero-order valence-electron chi connectivity index (χ0n) is 12.1. The number of rotatable bonds is 4. The highest BCUT2D eigenvalue weighted by atomic mass is 16.3. The lowest BCUT2D eigenvalue weighted by Crippen LogP contribution is -2.52. The van der Waals surface area contributed by atoms with Gasteiger partial charge in [-0.15, -0.1) is 0 Å². The van der Waals surface area contributed by atoms with Gasteiger partial charge in [-0.3, -0.25) is 4.90 Å². The summed E-state index contributed by atoms with van der Waals surface area (Å²) in [7, 11) is 0.